The number of halogens is 1. The maximum absolute atomic E-state index is 12.1. The number of likely N-dealkylation sites (tertiary alicyclic amines) is 1. The molecule has 5 nitrogen and oxygen atoms in total. The zero-order chi connectivity index (χ0) is 14.5. The van der Waals surface area contributed by atoms with Gasteiger partial charge in [0.2, 0.25) is 5.91 Å². The minimum absolute atomic E-state index is 0. The van der Waals surface area contributed by atoms with E-state index in [1.165, 1.54) is 5.56 Å². The van der Waals surface area contributed by atoms with Crippen LogP contribution in [-0.2, 0) is 16.1 Å². The van der Waals surface area contributed by atoms with Crippen LogP contribution in [0.2, 0.25) is 0 Å². The van der Waals surface area contributed by atoms with E-state index in [4.69, 9.17) is 5.11 Å². The molecule has 116 valence electrons. The first-order chi connectivity index (χ1) is 9.56. The van der Waals surface area contributed by atoms with Crippen LogP contribution in [0.25, 0.3) is 0 Å². The summed E-state index contributed by atoms with van der Waals surface area (Å²) in [4.78, 5) is 24.7. The Kier molecular flexibility index (Phi) is 6.81. The van der Waals surface area contributed by atoms with E-state index in [0.717, 1.165) is 0 Å². The lowest BCUT2D eigenvalue weighted by Crippen LogP contribution is -3.00. The quantitative estimate of drug-likeness (QED) is 0.635. The van der Waals surface area contributed by atoms with Crippen LogP contribution < -0.4 is 21.5 Å². The van der Waals surface area contributed by atoms with Crippen LogP contribution >= 0.6 is 0 Å². The van der Waals surface area contributed by atoms with Gasteiger partial charge in [0.25, 0.3) is 0 Å². The molecule has 0 aliphatic carbocycles. The molecule has 1 aliphatic rings. The van der Waals surface area contributed by atoms with Crippen LogP contribution in [0.3, 0.4) is 0 Å². The number of hydrogen-bond acceptors (Lipinski definition) is 2. The predicted octanol–water partition coefficient (Wildman–Crippen LogP) is -2.00. The summed E-state index contributed by atoms with van der Waals surface area (Å²) in [6.45, 7) is 3.82. The number of carbonyl (C=O) groups is 2. The van der Waals surface area contributed by atoms with Crippen molar-refractivity contribution in [1.29, 1.82) is 0 Å². The molecule has 0 bridgehead atoms. The van der Waals surface area contributed by atoms with Crippen molar-refractivity contribution in [3.8, 4) is 0 Å². The summed E-state index contributed by atoms with van der Waals surface area (Å²) in [5, 5.41) is 8.93. The van der Waals surface area contributed by atoms with E-state index in [2.05, 4.69) is 0 Å². The minimum Gasteiger partial charge on any atom is -1.00 e. The van der Waals surface area contributed by atoms with E-state index >= 15 is 0 Å². The summed E-state index contributed by atoms with van der Waals surface area (Å²) in [5.74, 6) is -0.917. The van der Waals surface area contributed by atoms with E-state index in [-0.39, 0.29) is 28.8 Å². The van der Waals surface area contributed by atoms with Gasteiger partial charge in [-0.3, -0.25) is 9.59 Å². The topological polar surface area (TPSA) is 61.5 Å². The fourth-order valence-electron chi connectivity index (χ4n) is 2.44. The molecule has 0 spiro atoms. The van der Waals surface area contributed by atoms with Gasteiger partial charge in [0, 0.05) is 25.2 Å². The summed E-state index contributed by atoms with van der Waals surface area (Å²) in [6.07, 6.45) is 5.54. The predicted molar refractivity (Wildman–Crippen MR) is 72.9 cm³/mol. The molecule has 21 heavy (non-hydrogen) atoms. The van der Waals surface area contributed by atoms with Crippen LogP contribution in [-0.4, -0.2) is 35.0 Å². The van der Waals surface area contributed by atoms with Crippen molar-refractivity contribution in [3.05, 3.63) is 30.1 Å². The van der Waals surface area contributed by atoms with Gasteiger partial charge >= 0.3 is 5.97 Å². The van der Waals surface area contributed by atoms with Crippen LogP contribution in [0.5, 0.6) is 0 Å². The summed E-state index contributed by atoms with van der Waals surface area (Å²) < 4.78 is 1.99. The maximum Gasteiger partial charge on any atom is 0.306 e. The second kappa shape index (κ2) is 8.12. The maximum atomic E-state index is 12.1. The van der Waals surface area contributed by atoms with E-state index in [1.54, 1.807) is 4.90 Å². The molecule has 1 fully saturated rings. The SMILES string of the molecule is Cc1cc[n+](CCC(=O)N2CCC(C(=O)O)CC2)cc1.[Br-]. The second-order valence-electron chi connectivity index (χ2n) is 5.36. The lowest BCUT2D eigenvalue weighted by molar-refractivity contribution is -0.696. The van der Waals surface area contributed by atoms with Gasteiger partial charge in [0.05, 0.1) is 12.3 Å². The number of amides is 1. The molecule has 0 radical (unpaired) electrons. The van der Waals surface area contributed by atoms with Gasteiger partial charge in [-0.25, -0.2) is 4.57 Å². The number of aromatic nitrogens is 1. The van der Waals surface area contributed by atoms with E-state index in [1.807, 2.05) is 36.0 Å². The standard InChI is InChI=1S/C15H20N2O3.BrH/c1-12-2-7-16(8-3-12)9-6-14(18)17-10-4-13(5-11-17)15(19)20;/h2-3,7-8,13H,4-6,9-11H2,1H3;1H. The number of carboxylic acid groups (broad SMARTS) is 1. The second-order valence-corrected chi connectivity index (χ2v) is 5.36. The highest BCUT2D eigenvalue weighted by Crippen LogP contribution is 2.17. The molecule has 1 aliphatic heterocycles. The normalized spacial score (nSPS) is 15.4. The number of aryl methyl sites for hydroxylation is 2. The van der Waals surface area contributed by atoms with E-state index in [0.29, 0.717) is 38.9 Å². The lowest BCUT2D eigenvalue weighted by atomic mass is 9.97. The molecule has 0 unspecified atom stereocenters. The average Bonchev–Trinajstić information content (AvgIpc) is 2.46. The Hall–Kier alpha value is -1.43. The van der Waals surface area contributed by atoms with Crippen molar-refractivity contribution in [3.63, 3.8) is 0 Å². The Morgan fingerprint density at radius 2 is 1.86 bits per heavy atom. The molecular formula is C15H21BrN2O3. The number of carbonyl (C=O) groups excluding carboxylic acids is 1. The lowest BCUT2D eigenvalue weighted by Gasteiger charge is -2.29. The minimum atomic E-state index is -0.743. The zero-order valence-corrected chi connectivity index (χ0v) is 13.8. The monoisotopic (exact) mass is 356 g/mol. The molecule has 1 amide bonds. The fourth-order valence-corrected chi connectivity index (χ4v) is 2.44. The van der Waals surface area contributed by atoms with E-state index < -0.39 is 5.97 Å². The molecular weight excluding hydrogens is 336 g/mol. The van der Waals surface area contributed by atoms with E-state index in [9.17, 15) is 9.59 Å². The molecule has 0 aromatic carbocycles. The molecule has 6 heteroatoms. The van der Waals surface area contributed by atoms with Crippen molar-refractivity contribution >= 4 is 11.9 Å². The summed E-state index contributed by atoms with van der Waals surface area (Å²) in [5.41, 5.74) is 1.20. The third kappa shape index (κ3) is 5.12. The zero-order valence-electron chi connectivity index (χ0n) is 12.2. The first-order valence-corrected chi connectivity index (χ1v) is 7.02. The molecule has 0 atom stereocenters. The highest BCUT2D eigenvalue weighted by Gasteiger charge is 2.27. The summed E-state index contributed by atoms with van der Waals surface area (Å²) >= 11 is 0. The van der Waals surface area contributed by atoms with Crippen molar-refractivity contribution in [2.75, 3.05) is 13.1 Å². The van der Waals surface area contributed by atoms with Gasteiger partial charge < -0.3 is 27.0 Å². The molecule has 1 aromatic heterocycles. The Labute approximate surface area is 135 Å². The summed E-state index contributed by atoms with van der Waals surface area (Å²) in [7, 11) is 0. The molecule has 1 saturated heterocycles. The Morgan fingerprint density at radius 3 is 2.38 bits per heavy atom. The molecule has 1 aromatic rings. The largest absolute Gasteiger partial charge is 1.00 e. The Morgan fingerprint density at radius 1 is 1.29 bits per heavy atom. The summed E-state index contributed by atoms with van der Waals surface area (Å²) in [6, 6.07) is 4.03. The number of nitrogens with zero attached hydrogens (tertiary/aromatic N) is 2. The van der Waals surface area contributed by atoms with Crippen molar-refractivity contribution < 1.29 is 36.2 Å². The third-order valence-corrected chi connectivity index (χ3v) is 3.84. The van der Waals surface area contributed by atoms with Gasteiger partial charge in [-0.05, 0) is 25.3 Å². The van der Waals surface area contributed by atoms with Gasteiger partial charge in [-0.2, -0.15) is 0 Å². The van der Waals surface area contributed by atoms with Crippen molar-refractivity contribution in [2.24, 2.45) is 5.92 Å². The number of aliphatic carboxylic acids is 1. The number of piperidine rings is 1. The number of pyridine rings is 1. The van der Waals surface area contributed by atoms with Gasteiger partial charge in [-0.15, -0.1) is 0 Å². The molecule has 1 N–H and O–H groups in total. The van der Waals surface area contributed by atoms with Gasteiger partial charge in [-0.1, -0.05) is 0 Å². The fraction of sp³-hybridized carbons (Fsp3) is 0.533. The Bertz CT molecular complexity index is 482. The smallest absolute Gasteiger partial charge is 0.306 e. The van der Waals surface area contributed by atoms with Crippen LogP contribution in [0.4, 0.5) is 0 Å². The number of hydrogen-bond donors (Lipinski definition) is 1. The third-order valence-electron chi connectivity index (χ3n) is 3.84. The highest BCUT2D eigenvalue weighted by molar-refractivity contribution is 5.76. The van der Waals surface area contributed by atoms with Crippen LogP contribution in [0, 0.1) is 12.8 Å². The highest BCUT2D eigenvalue weighted by atomic mass is 79.9. The molecule has 2 rings (SSSR count). The van der Waals surface area contributed by atoms with Crippen molar-refractivity contribution in [1.82, 2.24) is 4.90 Å². The molecule has 2 heterocycles. The Balaban J connectivity index is 0.00000220. The average molecular weight is 357 g/mol. The number of carboxylic acids is 1. The van der Waals surface area contributed by atoms with Gasteiger partial charge in [0.15, 0.2) is 18.9 Å². The first kappa shape index (κ1) is 17.6. The first-order valence-electron chi connectivity index (χ1n) is 7.02. The number of rotatable bonds is 4. The van der Waals surface area contributed by atoms with Crippen molar-refractivity contribution in [2.45, 2.75) is 32.7 Å². The van der Waals surface area contributed by atoms with Crippen LogP contribution in [0.1, 0.15) is 24.8 Å². The molecule has 0 saturated carbocycles. The van der Waals surface area contributed by atoms with Gasteiger partial charge in [0.1, 0.15) is 0 Å². The van der Waals surface area contributed by atoms with Crippen LogP contribution in [0.15, 0.2) is 24.5 Å².